The van der Waals surface area contributed by atoms with Crippen LogP contribution in [0.25, 0.3) is 0 Å². The predicted molar refractivity (Wildman–Crippen MR) is 76.1 cm³/mol. The van der Waals surface area contributed by atoms with E-state index in [0.717, 1.165) is 0 Å². The van der Waals surface area contributed by atoms with Gasteiger partial charge in [0.15, 0.2) is 0 Å². The molecule has 1 aliphatic heterocycles. The summed E-state index contributed by atoms with van der Waals surface area (Å²) >= 11 is 0. The quantitative estimate of drug-likeness (QED) is 0.498. The zero-order valence-corrected chi connectivity index (χ0v) is 13.2. The Hall–Kier alpha value is -0.750. The van der Waals surface area contributed by atoms with Gasteiger partial charge in [0.25, 0.3) is 10.2 Å². The maximum Gasteiger partial charge on any atom is 0.303 e. The monoisotopic (exact) mass is 343 g/mol. The van der Waals surface area contributed by atoms with Gasteiger partial charge in [0.1, 0.15) is 0 Å². The minimum atomic E-state index is -3.78. The lowest BCUT2D eigenvalue weighted by molar-refractivity contribution is -0.137. The smallest absolute Gasteiger partial charge is 0.303 e. The van der Waals surface area contributed by atoms with Crippen molar-refractivity contribution in [3.05, 3.63) is 0 Å². The summed E-state index contributed by atoms with van der Waals surface area (Å²) in [5, 5.41) is 13.4. The molecule has 0 saturated carbocycles. The van der Waals surface area contributed by atoms with Crippen LogP contribution in [0.5, 0.6) is 0 Å². The molecule has 1 atom stereocenters. The number of carboxylic acid groups (broad SMARTS) is 1. The summed E-state index contributed by atoms with van der Waals surface area (Å²) in [6.45, 7) is 0.694. The zero-order chi connectivity index (χ0) is 16.1. The topological polar surface area (TPSA) is 147 Å². The van der Waals surface area contributed by atoms with Gasteiger partial charge in [-0.3, -0.25) is 4.79 Å². The van der Waals surface area contributed by atoms with Crippen molar-refractivity contribution in [3.8, 4) is 0 Å². The molecule has 0 spiro atoms. The molecule has 0 aromatic heterocycles. The van der Waals surface area contributed by atoms with Crippen LogP contribution in [0.1, 0.15) is 25.7 Å². The third-order valence-electron chi connectivity index (χ3n) is 3.24. The number of aliphatic carboxylic acids is 1. The Bertz CT molecular complexity index is 559. The van der Waals surface area contributed by atoms with Crippen LogP contribution in [-0.4, -0.2) is 57.6 Å². The number of piperidine rings is 1. The average molecular weight is 343 g/mol. The minimum absolute atomic E-state index is 0.0638. The van der Waals surface area contributed by atoms with Crippen molar-refractivity contribution >= 4 is 26.2 Å². The molecule has 21 heavy (non-hydrogen) atoms. The van der Waals surface area contributed by atoms with Crippen molar-refractivity contribution in [1.82, 2.24) is 9.03 Å². The molecule has 0 radical (unpaired) electrons. The average Bonchev–Trinajstić information content (AvgIpc) is 2.35. The van der Waals surface area contributed by atoms with E-state index in [0.29, 0.717) is 19.4 Å². The first-order valence-electron chi connectivity index (χ1n) is 6.57. The lowest BCUT2D eigenvalue weighted by atomic mass is 10.0. The molecule has 4 N–H and O–H groups in total. The molecule has 9 nitrogen and oxygen atoms in total. The summed E-state index contributed by atoms with van der Waals surface area (Å²) in [5.74, 6) is -1.38. The number of sulfonamides is 1. The fourth-order valence-corrected chi connectivity index (χ4v) is 4.30. The van der Waals surface area contributed by atoms with Crippen molar-refractivity contribution in [2.75, 3.05) is 25.4 Å². The Morgan fingerprint density at radius 2 is 2.00 bits per heavy atom. The van der Waals surface area contributed by atoms with Crippen molar-refractivity contribution in [2.24, 2.45) is 11.1 Å². The highest BCUT2D eigenvalue weighted by Crippen LogP contribution is 2.19. The van der Waals surface area contributed by atoms with E-state index >= 15 is 0 Å². The normalized spacial score (nSPS) is 21.3. The highest BCUT2D eigenvalue weighted by molar-refractivity contribution is 7.89. The molecule has 0 aromatic rings. The van der Waals surface area contributed by atoms with Gasteiger partial charge in [0.05, 0.1) is 5.75 Å². The van der Waals surface area contributed by atoms with Crippen LogP contribution in [-0.2, 0) is 25.0 Å². The largest absolute Gasteiger partial charge is 0.481 e. The molecule has 1 saturated heterocycles. The lowest BCUT2D eigenvalue weighted by Crippen LogP contribution is -2.45. The third kappa shape index (κ3) is 7.18. The van der Waals surface area contributed by atoms with E-state index in [1.807, 2.05) is 0 Å². The predicted octanol–water partition coefficient (Wildman–Crippen LogP) is -1.31. The van der Waals surface area contributed by atoms with Crippen LogP contribution < -0.4 is 9.86 Å². The first kappa shape index (κ1) is 18.3. The van der Waals surface area contributed by atoms with E-state index in [1.165, 1.54) is 4.31 Å². The summed E-state index contributed by atoms with van der Waals surface area (Å²) < 4.78 is 49.3. The third-order valence-corrected chi connectivity index (χ3v) is 5.73. The maximum absolute atomic E-state index is 12.1. The van der Waals surface area contributed by atoms with E-state index in [-0.39, 0.29) is 37.6 Å². The first-order valence-corrected chi connectivity index (χ1v) is 9.73. The summed E-state index contributed by atoms with van der Waals surface area (Å²) in [7, 11) is -7.29. The fraction of sp³-hybridized carbons (Fsp3) is 0.900. The van der Waals surface area contributed by atoms with Crippen LogP contribution in [0.3, 0.4) is 0 Å². The fourth-order valence-electron chi connectivity index (χ4n) is 2.22. The Kier molecular flexibility index (Phi) is 6.53. The van der Waals surface area contributed by atoms with Gasteiger partial charge >= 0.3 is 5.97 Å². The van der Waals surface area contributed by atoms with Crippen LogP contribution in [0.4, 0.5) is 0 Å². The van der Waals surface area contributed by atoms with Gasteiger partial charge in [-0.15, -0.1) is 0 Å². The van der Waals surface area contributed by atoms with Gasteiger partial charge in [0, 0.05) is 26.1 Å². The molecular weight excluding hydrogens is 322 g/mol. The zero-order valence-electron chi connectivity index (χ0n) is 11.6. The molecule has 0 aliphatic carbocycles. The number of nitrogens with one attached hydrogen (secondary N) is 1. The van der Waals surface area contributed by atoms with E-state index in [4.69, 9.17) is 10.2 Å². The van der Waals surface area contributed by atoms with E-state index in [9.17, 15) is 21.6 Å². The van der Waals surface area contributed by atoms with Crippen molar-refractivity contribution in [1.29, 1.82) is 0 Å². The molecule has 1 rings (SSSR count). The summed E-state index contributed by atoms with van der Waals surface area (Å²) in [5.41, 5.74) is 0. The lowest BCUT2D eigenvalue weighted by Gasteiger charge is -2.31. The second kappa shape index (κ2) is 7.49. The molecular formula is C10H21N3O6S2. The second-order valence-electron chi connectivity index (χ2n) is 5.07. The number of nitrogens with zero attached hydrogens (tertiary/aromatic N) is 1. The van der Waals surface area contributed by atoms with Gasteiger partial charge in [0.2, 0.25) is 10.0 Å². The summed E-state index contributed by atoms with van der Waals surface area (Å²) in [6.07, 6.45) is 1.22. The first-order chi connectivity index (χ1) is 9.60. The maximum atomic E-state index is 12.1. The van der Waals surface area contributed by atoms with Crippen LogP contribution in [0.2, 0.25) is 0 Å². The molecule has 1 unspecified atom stereocenters. The Morgan fingerprint density at radius 1 is 1.33 bits per heavy atom. The number of hydrogen-bond acceptors (Lipinski definition) is 5. The molecule has 1 fully saturated rings. The number of rotatable bonds is 8. The van der Waals surface area contributed by atoms with Crippen LogP contribution in [0, 0.1) is 5.92 Å². The Balaban J connectivity index is 2.52. The van der Waals surface area contributed by atoms with Crippen LogP contribution >= 0.6 is 0 Å². The summed E-state index contributed by atoms with van der Waals surface area (Å²) in [6, 6.07) is 0. The number of carbonyl (C=O) groups is 1. The van der Waals surface area contributed by atoms with E-state index in [2.05, 4.69) is 4.72 Å². The Morgan fingerprint density at radius 3 is 2.57 bits per heavy atom. The molecule has 0 aromatic carbocycles. The number of nitrogens with two attached hydrogens (primary N) is 1. The van der Waals surface area contributed by atoms with Crippen molar-refractivity contribution in [2.45, 2.75) is 25.7 Å². The minimum Gasteiger partial charge on any atom is -0.481 e. The van der Waals surface area contributed by atoms with Gasteiger partial charge in [-0.25, -0.2) is 22.6 Å². The highest BCUT2D eigenvalue weighted by Gasteiger charge is 2.29. The molecule has 11 heteroatoms. The van der Waals surface area contributed by atoms with Gasteiger partial charge < -0.3 is 5.11 Å². The molecule has 1 aliphatic rings. The summed E-state index contributed by atoms with van der Waals surface area (Å²) in [4.78, 5) is 10.4. The van der Waals surface area contributed by atoms with Gasteiger partial charge in [-0.05, 0) is 25.2 Å². The van der Waals surface area contributed by atoms with Crippen LogP contribution in [0.15, 0.2) is 0 Å². The molecule has 1 heterocycles. The number of hydrogen-bond donors (Lipinski definition) is 3. The van der Waals surface area contributed by atoms with Crippen molar-refractivity contribution < 1.29 is 26.7 Å². The standard InChI is InChI=1S/C10H21N3O6S2/c11-21(18,19)12-7-9-3-1-5-13(8-9)20(16,17)6-2-4-10(14)15/h9,12H,1-8H2,(H,14,15)(H2,11,18,19). The van der Waals surface area contributed by atoms with E-state index in [1.54, 1.807) is 0 Å². The van der Waals surface area contributed by atoms with Crippen molar-refractivity contribution in [3.63, 3.8) is 0 Å². The second-order valence-corrected chi connectivity index (χ2v) is 8.54. The van der Waals surface area contributed by atoms with Gasteiger partial charge in [-0.1, -0.05) is 0 Å². The molecule has 0 bridgehead atoms. The Labute approximate surface area is 124 Å². The SMILES string of the molecule is NS(=O)(=O)NCC1CCCN(S(=O)(=O)CCCC(=O)O)C1. The molecule has 0 amide bonds. The van der Waals surface area contributed by atoms with E-state index < -0.39 is 26.2 Å². The molecule has 124 valence electrons. The van der Waals surface area contributed by atoms with Gasteiger partial charge in [-0.2, -0.15) is 8.42 Å². The number of carboxylic acids is 1. The highest BCUT2D eigenvalue weighted by atomic mass is 32.2.